The molecule has 32 heavy (non-hydrogen) atoms. The fraction of sp³-hybridized carbons (Fsp3) is 0.190. The quantitative estimate of drug-likeness (QED) is 0.371. The van der Waals surface area contributed by atoms with Crippen LogP contribution in [0.15, 0.2) is 57.6 Å². The topological polar surface area (TPSA) is 142 Å². The predicted octanol–water partition coefficient (Wildman–Crippen LogP) is 0.765. The third kappa shape index (κ3) is 5.79. The number of aromatic amines is 1. The van der Waals surface area contributed by atoms with E-state index in [4.69, 9.17) is 0 Å². The molecule has 2 aromatic heterocycles. The van der Waals surface area contributed by atoms with Gasteiger partial charge in [-0.25, -0.2) is 4.79 Å². The fourth-order valence-corrected chi connectivity index (χ4v) is 3.53. The lowest BCUT2D eigenvalue weighted by Crippen LogP contribution is -2.42. The van der Waals surface area contributed by atoms with E-state index in [9.17, 15) is 24.0 Å². The summed E-state index contributed by atoms with van der Waals surface area (Å²) in [7, 11) is 0. The highest BCUT2D eigenvalue weighted by Crippen LogP contribution is 2.09. The fourth-order valence-electron chi connectivity index (χ4n) is 2.83. The van der Waals surface area contributed by atoms with Crippen molar-refractivity contribution in [2.75, 3.05) is 18.4 Å². The van der Waals surface area contributed by atoms with Crippen LogP contribution in [0.5, 0.6) is 0 Å². The van der Waals surface area contributed by atoms with E-state index < -0.39 is 17.2 Å². The van der Waals surface area contributed by atoms with E-state index in [2.05, 4.69) is 20.9 Å². The summed E-state index contributed by atoms with van der Waals surface area (Å²) in [6.45, 7) is 1.67. The van der Waals surface area contributed by atoms with Crippen LogP contribution in [0.2, 0.25) is 0 Å². The third-order valence-electron chi connectivity index (χ3n) is 4.36. The maximum Gasteiger partial charge on any atom is 0.328 e. The summed E-state index contributed by atoms with van der Waals surface area (Å²) in [4.78, 5) is 63.4. The van der Waals surface area contributed by atoms with Gasteiger partial charge in [-0.2, -0.15) is 0 Å². The van der Waals surface area contributed by atoms with Crippen molar-refractivity contribution in [3.05, 3.63) is 84.8 Å². The van der Waals surface area contributed by atoms with E-state index in [1.54, 1.807) is 30.3 Å². The van der Waals surface area contributed by atoms with E-state index >= 15 is 0 Å². The van der Waals surface area contributed by atoms with E-state index in [1.807, 2.05) is 11.4 Å². The number of H-pyrrole nitrogens is 1. The van der Waals surface area contributed by atoms with Gasteiger partial charge in [-0.05, 0) is 35.7 Å². The van der Waals surface area contributed by atoms with Gasteiger partial charge in [-0.1, -0.05) is 6.07 Å². The third-order valence-corrected chi connectivity index (χ3v) is 5.22. The number of thiophene rings is 1. The normalized spacial score (nSPS) is 10.4. The molecule has 0 aliphatic carbocycles. The summed E-state index contributed by atoms with van der Waals surface area (Å²) in [5, 5.41) is 9.64. The van der Waals surface area contributed by atoms with Crippen LogP contribution in [0, 0.1) is 0 Å². The molecule has 1 aromatic carbocycles. The van der Waals surface area contributed by atoms with Gasteiger partial charge >= 0.3 is 5.69 Å². The van der Waals surface area contributed by atoms with Crippen LogP contribution in [-0.2, 0) is 11.3 Å². The molecule has 3 aromatic rings. The minimum Gasteiger partial charge on any atom is -0.350 e. The second-order valence-corrected chi connectivity index (χ2v) is 7.78. The molecule has 10 nitrogen and oxygen atoms in total. The van der Waals surface area contributed by atoms with E-state index in [0.29, 0.717) is 11.3 Å². The van der Waals surface area contributed by atoms with Crippen molar-refractivity contribution >= 4 is 34.7 Å². The molecule has 11 heteroatoms. The van der Waals surface area contributed by atoms with Gasteiger partial charge in [0.15, 0.2) is 0 Å². The van der Waals surface area contributed by atoms with Gasteiger partial charge in [0.1, 0.15) is 5.56 Å². The van der Waals surface area contributed by atoms with Crippen molar-refractivity contribution in [3.63, 3.8) is 0 Å². The van der Waals surface area contributed by atoms with Gasteiger partial charge in [-0.3, -0.25) is 23.7 Å². The minimum absolute atomic E-state index is 0.0732. The smallest absolute Gasteiger partial charge is 0.328 e. The van der Waals surface area contributed by atoms with Crippen molar-refractivity contribution < 1.29 is 14.4 Å². The molecule has 0 aliphatic heterocycles. The maximum absolute atomic E-state index is 12.6. The van der Waals surface area contributed by atoms with Crippen LogP contribution in [-0.4, -0.2) is 40.4 Å². The van der Waals surface area contributed by atoms with Gasteiger partial charge in [0.2, 0.25) is 5.91 Å². The van der Waals surface area contributed by atoms with Gasteiger partial charge in [0, 0.05) is 42.3 Å². The van der Waals surface area contributed by atoms with E-state index in [0.717, 1.165) is 15.6 Å². The molecule has 0 saturated heterocycles. The van der Waals surface area contributed by atoms with Gasteiger partial charge < -0.3 is 20.9 Å². The van der Waals surface area contributed by atoms with Crippen molar-refractivity contribution in [2.24, 2.45) is 0 Å². The zero-order chi connectivity index (χ0) is 23.1. The first kappa shape index (κ1) is 22.7. The number of benzene rings is 1. The average Bonchev–Trinajstić information content (AvgIpc) is 3.27. The molecule has 3 amide bonds. The summed E-state index contributed by atoms with van der Waals surface area (Å²) >= 11 is 1.40. The van der Waals surface area contributed by atoms with E-state index in [-0.39, 0.29) is 37.0 Å². The lowest BCUT2D eigenvalue weighted by atomic mass is 10.2. The Labute approximate surface area is 186 Å². The van der Waals surface area contributed by atoms with Crippen molar-refractivity contribution in [1.29, 1.82) is 0 Å². The van der Waals surface area contributed by atoms with Crippen LogP contribution >= 0.6 is 11.3 Å². The summed E-state index contributed by atoms with van der Waals surface area (Å²) in [6.07, 6.45) is 1.08. The standard InChI is InChI=1S/C21H21N5O5S/c1-13(27)25-15-6-4-14(5-7-15)18(28)22-8-9-23-19(29)17-11-24-21(31)26(20(17)30)12-16-3-2-10-32-16/h2-7,10-11H,8-9,12H2,1H3,(H,22,28)(H,23,29)(H,24,31)(H,25,27). The Balaban J connectivity index is 1.54. The second-order valence-electron chi connectivity index (χ2n) is 6.75. The number of amides is 3. The minimum atomic E-state index is -0.692. The number of anilines is 1. The summed E-state index contributed by atoms with van der Waals surface area (Å²) in [6, 6.07) is 9.94. The van der Waals surface area contributed by atoms with E-state index in [1.165, 1.54) is 18.3 Å². The SMILES string of the molecule is CC(=O)Nc1ccc(C(=O)NCCNC(=O)c2c[nH]c(=O)n(Cc3cccs3)c2=O)cc1. The zero-order valence-corrected chi connectivity index (χ0v) is 18.0. The number of carbonyl (C=O) groups excluding carboxylic acids is 3. The first-order valence-electron chi connectivity index (χ1n) is 9.64. The summed E-state index contributed by atoms with van der Waals surface area (Å²) in [5.41, 5.74) is -0.518. The summed E-state index contributed by atoms with van der Waals surface area (Å²) < 4.78 is 0.965. The van der Waals surface area contributed by atoms with Crippen molar-refractivity contribution in [1.82, 2.24) is 20.2 Å². The number of hydrogen-bond acceptors (Lipinski definition) is 6. The number of nitrogens with zero attached hydrogens (tertiary/aromatic N) is 1. The molecule has 0 bridgehead atoms. The summed E-state index contributed by atoms with van der Waals surface area (Å²) in [5.74, 6) is -1.21. The van der Waals surface area contributed by atoms with Crippen LogP contribution < -0.4 is 27.2 Å². The number of nitrogens with one attached hydrogen (secondary N) is 4. The number of hydrogen-bond donors (Lipinski definition) is 4. The molecule has 2 heterocycles. The highest BCUT2D eigenvalue weighted by atomic mass is 32.1. The Bertz CT molecular complexity index is 1230. The second kappa shape index (κ2) is 10.4. The maximum atomic E-state index is 12.6. The van der Waals surface area contributed by atoms with Gasteiger partial charge in [-0.15, -0.1) is 11.3 Å². The van der Waals surface area contributed by atoms with Crippen molar-refractivity contribution in [3.8, 4) is 0 Å². The molecule has 0 fully saturated rings. The first-order chi connectivity index (χ1) is 15.3. The van der Waals surface area contributed by atoms with Crippen LogP contribution in [0.1, 0.15) is 32.5 Å². The number of rotatable bonds is 8. The predicted molar refractivity (Wildman–Crippen MR) is 120 cm³/mol. The number of aromatic nitrogens is 2. The highest BCUT2D eigenvalue weighted by molar-refractivity contribution is 7.09. The molecule has 166 valence electrons. The average molecular weight is 455 g/mol. The Hall–Kier alpha value is -3.99. The van der Waals surface area contributed by atoms with Crippen LogP contribution in [0.25, 0.3) is 0 Å². The molecule has 4 N–H and O–H groups in total. The Kier molecular flexibility index (Phi) is 7.34. The molecular weight excluding hydrogens is 434 g/mol. The monoisotopic (exact) mass is 455 g/mol. The van der Waals surface area contributed by atoms with Crippen LogP contribution in [0.4, 0.5) is 5.69 Å². The lowest BCUT2D eigenvalue weighted by Gasteiger charge is -2.09. The zero-order valence-electron chi connectivity index (χ0n) is 17.1. The molecule has 0 aliphatic rings. The molecule has 0 atom stereocenters. The molecular formula is C21H21N5O5S. The Morgan fingerprint density at radius 2 is 1.69 bits per heavy atom. The van der Waals surface area contributed by atoms with Crippen molar-refractivity contribution in [2.45, 2.75) is 13.5 Å². The largest absolute Gasteiger partial charge is 0.350 e. The number of carbonyl (C=O) groups is 3. The molecule has 0 unspecified atom stereocenters. The highest BCUT2D eigenvalue weighted by Gasteiger charge is 2.15. The Morgan fingerprint density at radius 1 is 1.00 bits per heavy atom. The van der Waals surface area contributed by atoms with Gasteiger partial charge in [0.25, 0.3) is 17.4 Å². The Morgan fingerprint density at radius 3 is 2.31 bits per heavy atom. The molecule has 0 saturated carbocycles. The molecule has 0 radical (unpaired) electrons. The first-order valence-corrected chi connectivity index (χ1v) is 10.5. The molecule has 3 rings (SSSR count). The lowest BCUT2D eigenvalue weighted by molar-refractivity contribution is -0.114. The van der Waals surface area contributed by atoms with Gasteiger partial charge in [0.05, 0.1) is 6.54 Å². The molecule has 0 spiro atoms. The van der Waals surface area contributed by atoms with Crippen LogP contribution in [0.3, 0.4) is 0 Å².